The van der Waals surface area contributed by atoms with Gasteiger partial charge >= 0.3 is 0 Å². The maximum Gasteiger partial charge on any atom is 0.234 e. The van der Waals surface area contributed by atoms with Crippen LogP contribution in [0.25, 0.3) is 0 Å². The molecule has 0 aliphatic carbocycles. The zero-order valence-electron chi connectivity index (χ0n) is 18.7. The fourth-order valence-electron chi connectivity index (χ4n) is 3.84. The molecule has 1 saturated heterocycles. The molecule has 0 unspecified atom stereocenters. The minimum atomic E-state index is -0.257. The Morgan fingerprint density at radius 1 is 0.938 bits per heavy atom. The van der Waals surface area contributed by atoms with E-state index in [0.717, 1.165) is 36.4 Å². The molecule has 1 heterocycles. The summed E-state index contributed by atoms with van der Waals surface area (Å²) in [5.74, 6) is 0.692. The maximum absolute atomic E-state index is 13.0. The first kappa shape index (κ1) is 23.7. The molecule has 2 aromatic rings. The molecule has 0 bridgehead atoms. The van der Waals surface area contributed by atoms with Gasteiger partial charge in [0.2, 0.25) is 11.8 Å². The lowest BCUT2D eigenvalue weighted by Crippen LogP contribution is -2.40. The predicted octanol–water partition coefficient (Wildman–Crippen LogP) is 2.66. The Morgan fingerprint density at radius 3 is 2.34 bits per heavy atom. The highest BCUT2D eigenvalue weighted by molar-refractivity contribution is 5.78. The number of amides is 2. The predicted molar refractivity (Wildman–Crippen MR) is 122 cm³/mol. The first-order chi connectivity index (χ1) is 15.5. The van der Waals surface area contributed by atoms with Crippen LogP contribution in [0.2, 0.25) is 0 Å². The normalized spacial score (nSPS) is 14.6. The highest BCUT2D eigenvalue weighted by Crippen LogP contribution is 2.14. The van der Waals surface area contributed by atoms with Crippen molar-refractivity contribution < 1.29 is 18.7 Å². The number of nitrogens with zero attached hydrogens (tertiary/aromatic N) is 2. The van der Waals surface area contributed by atoms with Gasteiger partial charge in [-0.2, -0.15) is 0 Å². The quantitative estimate of drug-likeness (QED) is 0.650. The first-order valence-corrected chi connectivity index (χ1v) is 11.2. The third-order valence-corrected chi connectivity index (χ3v) is 5.74. The number of carbonyl (C=O) groups excluding carboxylic acids is 2. The highest BCUT2D eigenvalue weighted by Gasteiger charge is 2.20. The Labute approximate surface area is 189 Å². The summed E-state index contributed by atoms with van der Waals surface area (Å²) in [6.07, 6.45) is 2.72. The van der Waals surface area contributed by atoms with Crippen molar-refractivity contribution in [1.82, 2.24) is 15.1 Å². The standard InChI is InChI=1S/C25H32FN3O3/c1-32-23-10-5-20(6-11-23)7-12-25(31)29-16-2-15-28(17-18-29)19-24(30)27-14-13-21-3-8-22(26)9-4-21/h3-6,8-11H,2,7,12-19H2,1H3,(H,27,30). The number of benzene rings is 2. The lowest BCUT2D eigenvalue weighted by molar-refractivity contribution is -0.131. The van der Waals surface area contributed by atoms with Crippen LogP contribution in [0.15, 0.2) is 48.5 Å². The van der Waals surface area contributed by atoms with E-state index in [9.17, 15) is 14.0 Å². The second-order valence-corrected chi connectivity index (χ2v) is 8.08. The summed E-state index contributed by atoms with van der Waals surface area (Å²) in [6, 6.07) is 14.1. The molecule has 2 aromatic carbocycles. The van der Waals surface area contributed by atoms with Gasteiger partial charge < -0.3 is 15.0 Å². The van der Waals surface area contributed by atoms with Gasteiger partial charge in [-0.05, 0) is 54.7 Å². The number of carbonyl (C=O) groups is 2. The van der Waals surface area contributed by atoms with Crippen molar-refractivity contribution >= 4 is 11.8 Å². The van der Waals surface area contributed by atoms with Gasteiger partial charge in [0.25, 0.3) is 0 Å². The fraction of sp³-hybridized carbons (Fsp3) is 0.440. The van der Waals surface area contributed by atoms with Gasteiger partial charge in [-0.1, -0.05) is 24.3 Å². The summed E-state index contributed by atoms with van der Waals surface area (Å²) in [7, 11) is 1.64. The summed E-state index contributed by atoms with van der Waals surface area (Å²) in [4.78, 5) is 29.0. The third-order valence-electron chi connectivity index (χ3n) is 5.74. The van der Waals surface area contributed by atoms with Gasteiger partial charge in [0, 0.05) is 39.1 Å². The topological polar surface area (TPSA) is 61.9 Å². The number of aryl methyl sites for hydroxylation is 1. The summed E-state index contributed by atoms with van der Waals surface area (Å²) in [6.45, 7) is 3.72. The molecule has 6 nitrogen and oxygen atoms in total. The van der Waals surface area contributed by atoms with Gasteiger partial charge in [0.15, 0.2) is 0 Å². The fourth-order valence-corrected chi connectivity index (χ4v) is 3.84. The van der Waals surface area contributed by atoms with E-state index in [0.29, 0.717) is 45.4 Å². The maximum atomic E-state index is 13.0. The molecule has 172 valence electrons. The molecule has 0 aromatic heterocycles. The SMILES string of the molecule is COc1ccc(CCC(=O)N2CCCN(CC(=O)NCCc3ccc(F)cc3)CC2)cc1. The summed E-state index contributed by atoms with van der Waals surface area (Å²) >= 11 is 0. The van der Waals surface area contributed by atoms with Crippen molar-refractivity contribution in [2.45, 2.75) is 25.7 Å². The molecule has 1 aliphatic rings. The number of nitrogens with one attached hydrogen (secondary N) is 1. The molecule has 0 atom stereocenters. The van der Waals surface area contributed by atoms with Crippen molar-refractivity contribution in [2.24, 2.45) is 0 Å². The Hall–Kier alpha value is -2.93. The van der Waals surface area contributed by atoms with E-state index in [1.54, 1.807) is 19.2 Å². The second-order valence-electron chi connectivity index (χ2n) is 8.08. The van der Waals surface area contributed by atoms with E-state index in [2.05, 4.69) is 10.2 Å². The molecule has 0 radical (unpaired) electrons. The van der Waals surface area contributed by atoms with Crippen LogP contribution in [0.4, 0.5) is 4.39 Å². The van der Waals surface area contributed by atoms with Crippen molar-refractivity contribution in [2.75, 3.05) is 46.4 Å². The van der Waals surface area contributed by atoms with E-state index in [4.69, 9.17) is 4.74 Å². The summed E-state index contributed by atoms with van der Waals surface area (Å²) in [5, 5.41) is 2.93. The van der Waals surface area contributed by atoms with Gasteiger partial charge in [-0.25, -0.2) is 4.39 Å². The van der Waals surface area contributed by atoms with E-state index in [1.807, 2.05) is 29.2 Å². The molecule has 0 saturated carbocycles. The van der Waals surface area contributed by atoms with Crippen LogP contribution in [0, 0.1) is 5.82 Å². The minimum Gasteiger partial charge on any atom is -0.497 e. The Balaban J connectivity index is 1.35. The monoisotopic (exact) mass is 441 g/mol. The van der Waals surface area contributed by atoms with Gasteiger partial charge in [0.05, 0.1) is 13.7 Å². The van der Waals surface area contributed by atoms with Crippen molar-refractivity contribution in [1.29, 1.82) is 0 Å². The number of hydrogen-bond donors (Lipinski definition) is 1. The zero-order chi connectivity index (χ0) is 22.8. The Bertz CT molecular complexity index is 871. The van der Waals surface area contributed by atoms with Crippen LogP contribution in [0.3, 0.4) is 0 Å². The van der Waals surface area contributed by atoms with Gasteiger partial charge in [-0.15, -0.1) is 0 Å². The molecular formula is C25H32FN3O3. The first-order valence-electron chi connectivity index (χ1n) is 11.2. The van der Waals surface area contributed by atoms with Crippen LogP contribution < -0.4 is 10.1 Å². The zero-order valence-corrected chi connectivity index (χ0v) is 18.7. The molecule has 1 N–H and O–H groups in total. The molecule has 1 fully saturated rings. The van der Waals surface area contributed by atoms with Crippen LogP contribution in [-0.2, 0) is 22.4 Å². The average Bonchev–Trinajstić information content (AvgIpc) is 3.04. The van der Waals surface area contributed by atoms with Crippen molar-refractivity contribution in [3.8, 4) is 5.75 Å². The number of rotatable bonds is 9. The molecule has 32 heavy (non-hydrogen) atoms. The molecule has 0 spiro atoms. The molecular weight excluding hydrogens is 409 g/mol. The van der Waals surface area contributed by atoms with E-state index in [-0.39, 0.29) is 17.6 Å². The van der Waals surface area contributed by atoms with Crippen LogP contribution in [-0.4, -0.2) is 68.0 Å². The number of halogens is 1. The molecule has 1 aliphatic heterocycles. The number of methoxy groups -OCH3 is 1. The Morgan fingerprint density at radius 2 is 1.62 bits per heavy atom. The lowest BCUT2D eigenvalue weighted by Gasteiger charge is -2.22. The Kier molecular flexibility index (Phi) is 9.04. The average molecular weight is 442 g/mol. The number of ether oxygens (including phenoxy) is 1. The highest BCUT2D eigenvalue weighted by atomic mass is 19.1. The largest absolute Gasteiger partial charge is 0.497 e. The molecule has 7 heteroatoms. The van der Waals surface area contributed by atoms with Crippen molar-refractivity contribution in [3.63, 3.8) is 0 Å². The smallest absolute Gasteiger partial charge is 0.234 e. The minimum absolute atomic E-state index is 0.0219. The molecule has 2 amide bonds. The number of hydrogen-bond acceptors (Lipinski definition) is 4. The summed E-state index contributed by atoms with van der Waals surface area (Å²) < 4.78 is 18.1. The lowest BCUT2D eigenvalue weighted by atomic mass is 10.1. The van der Waals surface area contributed by atoms with Crippen LogP contribution >= 0.6 is 0 Å². The van der Waals surface area contributed by atoms with E-state index >= 15 is 0 Å². The van der Waals surface area contributed by atoms with E-state index < -0.39 is 0 Å². The van der Waals surface area contributed by atoms with Crippen molar-refractivity contribution in [3.05, 3.63) is 65.5 Å². The van der Waals surface area contributed by atoms with Crippen LogP contribution in [0.1, 0.15) is 24.0 Å². The van der Waals surface area contributed by atoms with Crippen LogP contribution in [0.5, 0.6) is 5.75 Å². The van der Waals surface area contributed by atoms with E-state index in [1.165, 1.54) is 12.1 Å². The second kappa shape index (κ2) is 12.2. The van der Waals surface area contributed by atoms with Gasteiger partial charge in [0.1, 0.15) is 11.6 Å². The van der Waals surface area contributed by atoms with Gasteiger partial charge in [-0.3, -0.25) is 14.5 Å². The molecule has 3 rings (SSSR count). The summed E-state index contributed by atoms with van der Waals surface area (Å²) in [5.41, 5.74) is 2.11. The third kappa shape index (κ3) is 7.64.